The third-order valence-corrected chi connectivity index (χ3v) is 4.66. The lowest BCUT2D eigenvalue weighted by Crippen LogP contribution is -2.53. The van der Waals surface area contributed by atoms with Gasteiger partial charge < -0.3 is 20.7 Å². The van der Waals surface area contributed by atoms with Crippen molar-refractivity contribution >= 4 is 11.9 Å². The molecule has 8 heteroatoms. The number of carbonyl (C=O) groups is 2. The van der Waals surface area contributed by atoms with Crippen molar-refractivity contribution in [1.29, 1.82) is 0 Å². The van der Waals surface area contributed by atoms with Crippen LogP contribution in [-0.4, -0.2) is 46.5 Å². The number of hydrogen-bond acceptors (Lipinski definition) is 4. The van der Waals surface area contributed by atoms with Gasteiger partial charge in [0, 0.05) is 43.9 Å². The molecule has 3 N–H and O–H groups in total. The Hall–Kier alpha value is -2.09. The second-order valence-electron chi connectivity index (χ2n) is 7.54. The van der Waals surface area contributed by atoms with Gasteiger partial charge in [0.15, 0.2) is 0 Å². The van der Waals surface area contributed by atoms with E-state index in [2.05, 4.69) is 28.0 Å². The molecule has 0 unspecified atom stereocenters. The molecule has 0 bridgehead atoms. The molecule has 1 aliphatic rings. The van der Waals surface area contributed by atoms with E-state index in [1.54, 1.807) is 10.9 Å². The van der Waals surface area contributed by atoms with E-state index >= 15 is 0 Å². The van der Waals surface area contributed by atoms with Crippen LogP contribution >= 0.6 is 0 Å². The van der Waals surface area contributed by atoms with Gasteiger partial charge in [-0.3, -0.25) is 9.48 Å². The lowest BCUT2D eigenvalue weighted by atomic mass is 9.83. The number of nitrogens with one attached hydrogen (secondary N) is 3. The number of ether oxygens (including phenoxy) is 1. The van der Waals surface area contributed by atoms with Crippen molar-refractivity contribution < 1.29 is 14.3 Å². The number of carbonyl (C=O) groups excluding carboxylic acids is 2. The first kappa shape index (κ1) is 21.2. The summed E-state index contributed by atoms with van der Waals surface area (Å²) in [6.45, 7) is 7.00. The van der Waals surface area contributed by atoms with Crippen LogP contribution in [0.1, 0.15) is 52.0 Å². The van der Waals surface area contributed by atoms with Gasteiger partial charge in [-0.05, 0) is 39.5 Å². The van der Waals surface area contributed by atoms with E-state index in [-0.39, 0.29) is 36.0 Å². The lowest BCUT2D eigenvalue weighted by Gasteiger charge is -2.36. The topological polar surface area (TPSA) is 97.3 Å². The molecule has 1 aromatic heterocycles. The standard InChI is InChI=1S/C19H33N5O3/c1-5-8-27-17-9-15(6-7-16(17)23-19(26)22-13(2)3)18(25)20-10-14-11-21-24(4)12-14/h11-13,15-17H,5-10H2,1-4H3,(H,20,25)(H2,22,23,26)/t15-,16+,17+/m0/s1. The SMILES string of the molecule is CCCO[C@@H]1C[C@@H](C(=O)NCc2cnn(C)c2)CC[C@H]1NC(=O)NC(C)C. The first-order chi connectivity index (χ1) is 12.9. The fourth-order valence-electron chi connectivity index (χ4n) is 3.35. The van der Waals surface area contributed by atoms with E-state index in [0.29, 0.717) is 19.6 Å². The Balaban J connectivity index is 1.88. The summed E-state index contributed by atoms with van der Waals surface area (Å²) >= 11 is 0. The van der Waals surface area contributed by atoms with E-state index in [1.807, 2.05) is 27.1 Å². The molecule has 0 aliphatic heterocycles. The summed E-state index contributed by atoms with van der Waals surface area (Å²) in [4.78, 5) is 24.6. The Morgan fingerprint density at radius 3 is 2.78 bits per heavy atom. The van der Waals surface area contributed by atoms with Gasteiger partial charge in [0.25, 0.3) is 0 Å². The molecule has 27 heavy (non-hydrogen) atoms. The van der Waals surface area contributed by atoms with Crippen LogP contribution in [0.3, 0.4) is 0 Å². The van der Waals surface area contributed by atoms with Crippen LogP contribution in [0.2, 0.25) is 0 Å². The number of rotatable bonds is 8. The number of nitrogens with zero attached hydrogens (tertiary/aromatic N) is 2. The minimum absolute atomic E-state index is 0.0361. The summed E-state index contributed by atoms with van der Waals surface area (Å²) in [5.74, 6) is -0.0660. The highest BCUT2D eigenvalue weighted by Gasteiger charge is 2.35. The van der Waals surface area contributed by atoms with E-state index in [0.717, 1.165) is 24.8 Å². The van der Waals surface area contributed by atoms with Gasteiger partial charge in [-0.25, -0.2) is 4.79 Å². The Morgan fingerprint density at radius 2 is 2.15 bits per heavy atom. The molecule has 1 saturated carbocycles. The summed E-state index contributed by atoms with van der Waals surface area (Å²) in [6.07, 6.45) is 6.47. The number of hydrogen-bond donors (Lipinski definition) is 3. The van der Waals surface area contributed by atoms with E-state index in [1.165, 1.54) is 0 Å². The fraction of sp³-hybridized carbons (Fsp3) is 0.737. The van der Waals surface area contributed by atoms with Gasteiger partial charge in [-0.1, -0.05) is 6.92 Å². The Labute approximate surface area is 161 Å². The zero-order valence-electron chi connectivity index (χ0n) is 16.8. The third-order valence-electron chi connectivity index (χ3n) is 4.66. The first-order valence-corrected chi connectivity index (χ1v) is 9.82. The maximum atomic E-state index is 12.6. The van der Waals surface area contributed by atoms with Crippen molar-refractivity contribution in [3.8, 4) is 0 Å². The maximum Gasteiger partial charge on any atom is 0.315 e. The van der Waals surface area contributed by atoms with Gasteiger partial charge in [-0.2, -0.15) is 5.10 Å². The quantitative estimate of drug-likeness (QED) is 0.640. The average molecular weight is 380 g/mol. The Bertz CT molecular complexity index is 616. The summed E-state index contributed by atoms with van der Waals surface area (Å²) in [5, 5.41) is 13.0. The van der Waals surface area contributed by atoms with Crippen LogP contribution in [0.15, 0.2) is 12.4 Å². The van der Waals surface area contributed by atoms with Gasteiger partial charge >= 0.3 is 6.03 Å². The molecule has 1 fully saturated rings. The van der Waals surface area contributed by atoms with E-state index in [9.17, 15) is 9.59 Å². The van der Waals surface area contributed by atoms with E-state index < -0.39 is 0 Å². The molecule has 0 saturated heterocycles. The molecular weight excluding hydrogens is 346 g/mol. The second kappa shape index (κ2) is 10.3. The monoisotopic (exact) mass is 379 g/mol. The summed E-state index contributed by atoms with van der Waals surface area (Å²) in [6, 6.07) is -0.174. The second-order valence-corrected chi connectivity index (χ2v) is 7.54. The van der Waals surface area contributed by atoms with Crippen LogP contribution in [0.4, 0.5) is 4.79 Å². The smallest absolute Gasteiger partial charge is 0.315 e. The Kier molecular flexibility index (Phi) is 8.09. The van der Waals surface area contributed by atoms with Crippen molar-refractivity contribution in [1.82, 2.24) is 25.7 Å². The summed E-state index contributed by atoms with van der Waals surface area (Å²) in [7, 11) is 1.85. The number of amides is 3. The maximum absolute atomic E-state index is 12.6. The lowest BCUT2D eigenvalue weighted by molar-refractivity contribution is -0.128. The number of aryl methyl sites for hydroxylation is 1. The van der Waals surface area contributed by atoms with Gasteiger partial charge in [-0.15, -0.1) is 0 Å². The summed E-state index contributed by atoms with van der Waals surface area (Å²) < 4.78 is 7.68. The predicted molar refractivity (Wildman–Crippen MR) is 103 cm³/mol. The zero-order chi connectivity index (χ0) is 19.8. The van der Waals surface area contributed by atoms with Crippen molar-refractivity contribution in [3.63, 3.8) is 0 Å². The molecule has 1 heterocycles. The van der Waals surface area contributed by atoms with Crippen LogP contribution in [0.25, 0.3) is 0 Å². The van der Waals surface area contributed by atoms with Crippen molar-refractivity contribution in [3.05, 3.63) is 18.0 Å². The molecular formula is C19H33N5O3. The first-order valence-electron chi connectivity index (χ1n) is 9.82. The predicted octanol–water partition coefficient (Wildman–Crippen LogP) is 1.71. The van der Waals surface area contributed by atoms with Crippen LogP contribution in [0.5, 0.6) is 0 Å². The average Bonchev–Trinajstić information content (AvgIpc) is 3.03. The highest BCUT2D eigenvalue weighted by molar-refractivity contribution is 5.79. The van der Waals surface area contributed by atoms with E-state index in [4.69, 9.17) is 4.74 Å². The van der Waals surface area contributed by atoms with Crippen LogP contribution in [0, 0.1) is 5.92 Å². The molecule has 2 rings (SSSR count). The van der Waals surface area contributed by atoms with Crippen molar-refractivity contribution in [2.24, 2.45) is 13.0 Å². The van der Waals surface area contributed by atoms with Gasteiger partial charge in [0.05, 0.1) is 18.3 Å². The fourth-order valence-corrected chi connectivity index (χ4v) is 3.35. The molecule has 3 amide bonds. The third kappa shape index (κ3) is 6.86. The number of urea groups is 1. The summed E-state index contributed by atoms with van der Waals surface area (Å²) in [5.41, 5.74) is 0.977. The minimum Gasteiger partial charge on any atom is -0.376 e. The minimum atomic E-state index is -0.181. The Morgan fingerprint density at radius 1 is 1.37 bits per heavy atom. The van der Waals surface area contributed by atoms with Crippen molar-refractivity contribution in [2.75, 3.05) is 6.61 Å². The molecule has 1 aliphatic carbocycles. The molecule has 0 radical (unpaired) electrons. The molecule has 0 spiro atoms. The van der Waals surface area contributed by atoms with Gasteiger partial charge in [0.2, 0.25) is 5.91 Å². The highest BCUT2D eigenvalue weighted by atomic mass is 16.5. The molecule has 152 valence electrons. The normalized spacial score (nSPS) is 22.5. The number of aromatic nitrogens is 2. The molecule has 1 aromatic rings. The van der Waals surface area contributed by atoms with Crippen LogP contribution < -0.4 is 16.0 Å². The molecule has 3 atom stereocenters. The molecule has 8 nitrogen and oxygen atoms in total. The molecule has 0 aromatic carbocycles. The van der Waals surface area contributed by atoms with Gasteiger partial charge in [0.1, 0.15) is 0 Å². The zero-order valence-corrected chi connectivity index (χ0v) is 16.8. The highest BCUT2D eigenvalue weighted by Crippen LogP contribution is 2.27. The van der Waals surface area contributed by atoms with Crippen molar-refractivity contribution in [2.45, 2.75) is 71.2 Å². The largest absolute Gasteiger partial charge is 0.376 e. The van der Waals surface area contributed by atoms with Crippen LogP contribution in [-0.2, 0) is 23.1 Å².